The quantitative estimate of drug-likeness (QED) is 0.105. The van der Waals surface area contributed by atoms with Crippen LogP contribution in [-0.4, -0.2) is 0 Å². The summed E-state index contributed by atoms with van der Waals surface area (Å²) in [4.78, 5) is 0. The Balaban J connectivity index is 0.000000119. The van der Waals surface area contributed by atoms with Crippen molar-refractivity contribution in [2.24, 2.45) is 0 Å². The summed E-state index contributed by atoms with van der Waals surface area (Å²) < 4.78 is 0. The molecule has 0 N–H and O–H groups in total. The largest absolute Gasteiger partial charge is 0.0925 e. The van der Waals surface area contributed by atoms with Gasteiger partial charge in [-0.05, 0) is 109 Å². The van der Waals surface area contributed by atoms with E-state index in [0.717, 1.165) is 0 Å². The Morgan fingerprint density at radius 2 is 0.0917 bits per heavy atom. The lowest BCUT2D eigenvalue weighted by atomic mass is 9.88. The maximum Gasteiger partial charge on any atom is 0 e. The van der Waals surface area contributed by atoms with Crippen molar-refractivity contribution in [2.75, 3.05) is 0 Å². The molecule has 0 aliphatic heterocycles. The minimum atomic E-state index is 1.67. The van der Waals surface area contributed by atoms with Crippen LogP contribution in [0.3, 0.4) is 0 Å². The van der Waals surface area contributed by atoms with Gasteiger partial charge in [0.2, 0.25) is 0 Å². The standard InChI is InChI=1S/C60.C60H6/c1-2-5-6-3(1)8-12-10-4(1)9-11-7(2)17-21-13(5)23-24-14(6)22-18(8)28-20(12)30-26-16(10)15(9)25-29-19(11)27(17)37-41-31(21)33(23)43-44-34(24)32(22)42-38(28)48-40(30)46-36(26)35(25)45-39(29)47(37)55-49(41)51(43)57-52(44)50(42)56(48)59-54(46)53(45)58(55)60(57)59;1-3-5-7-9-11-13-15-17-19-21-23-25-27-29-31-33-35-37-39-41-43-45-47-49-51-53-55-57-59-60-58-56-54-52-50-48-46-44-42-40-38-36-34-32-30-28-26-24-22-20-18-16-14-12-10-8-6-4-2/h;1-2H3. The zero-order chi connectivity index (χ0) is 77.7. The van der Waals surface area contributed by atoms with E-state index in [1.807, 2.05) is 0 Å². The van der Waals surface area contributed by atoms with Crippen molar-refractivity contribution < 1.29 is 0 Å². The van der Waals surface area contributed by atoms with Gasteiger partial charge in [-0.3, -0.25) is 0 Å². The van der Waals surface area contributed by atoms with Crippen LogP contribution >= 0.6 is 0 Å². The molecule has 0 saturated carbocycles. The molecule has 0 aliphatic rings. The van der Waals surface area contributed by atoms with Crippen molar-refractivity contribution in [3.63, 3.8) is 0 Å². The van der Waals surface area contributed by atoms with Crippen LogP contribution in [0.15, 0.2) is 0 Å². The predicted octanol–water partition coefficient (Wildman–Crippen LogP) is 18.9. The summed E-state index contributed by atoms with van der Waals surface area (Å²) in [5.41, 5.74) is 0. The minimum Gasteiger partial charge on any atom is -0.0925 e. The molecule has 0 atom stereocenters. The molecule has 120 heavy (non-hydrogen) atoms. The minimum absolute atomic E-state index is 1.67. The lowest BCUT2D eigenvalue weighted by Crippen LogP contribution is -1.84. The fourth-order valence-electron chi connectivity index (χ4n) is 24.3. The van der Waals surface area contributed by atoms with E-state index in [0.29, 0.717) is 0 Å². The first-order chi connectivity index (χ1) is 59.9. The van der Waals surface area contributed by atoms with Crippen LogP contribution in [0, 0.1) is 343 Å². The van der Waals surface area contributed by atoms with Crippen molar-refractivity contribution in [1.82, 2.24) is 0 Å². The number of benzene rings is 20. The molecule has 32 aromatic rings. The van der Waals surface area contributed by atoms with E-state index < -0.39 is 0 Å². The van der Waals surface area contributed by atoms with Crippen LogP contribution in [0.1, 0.15) is 13.8 Å². The average Bonchev–Trinajstić information content (AvgIpc) is 1.39. The molecule has 0 amide bonds. The molecule has 0 unspecified atom stereocenters. The number of rotatable bonds is 0. The molecule has 486 valence electrons. The Kier molecular flexibility index (Phi) is 9.62. The summed E-state index contributed by atoms with van der Waals surface area (Å²) in [5.74, 6) is 146. The first-order valence-corrected chi connectivity index (χ1v) is 37.8. The van der Waals surface area contributed by atoms with Crippen LogP contribution in [0.4, 0.5) is 0 Å². The van der Waals surface area contributed by atoms with Crippen LogP contribution in [0.2, 0.25) is 0 Å². The first kappa shape index (κ1) is 58.4. The Morgan fingerprint density at radius 3 is 0.125 bits per heavy atom. The van der Waals surface area contributed by atoms with E-state index in [1.165, 1.54) is 0 Å². The summed E-state index contributed by atoms with van der Waals surface area (Å²) >= 11 is 0. The van der Waals surface area contributed by atoms with Gasteiger partial charge >= 0.3 is 0 Å². The van der Waals surface area contributed by atoms with E-state index in [-0.39, 0.29) is 0 Å². The Labute approximate surface area is 675 Å². The molecule has 0 heterocycles. The summed E-state index contributed by atoms with van der Waals surface area (Å²) in [7, 11) is 0. The fourth-order valence-corrected chi connectivity index (χ4v) is 24.3. The van der Waals surface area contributed by atoms with E-state index in [9.17, 15) is 0 Å². The van der Waals surface area contributed by atoms with Gasteiger partial charge in [0.25, 0.3) is 0 Å². The Bertz CT molecular complexity index is 8880. The molecular weight excluding hydrogens is 1440 g/mol. The van der Waals surface area contributed by atoms with Crippen LogP contribution in [0.25, 0.3) is 323 Å². The SMILES string of the molecule is CC#CC#CC#CC#CC#CC#CC#CC#CC#CC#CC#CC#CC#CC#CC#CC#CC#CC#CC#CC#CC#CC#CC#CC#CC#CC#CC#CC#CC#CC.c12c3c4c5c1c1c6c7c2c2c8c3c3c9c4c4c%10c5c5c1c1c6c6c%11c7c2c2c7c8c3c3c8c9c4c4c9c%10c5c5c1c1c6c6c%11c2c2c7c3c3c8c4c4c9c5c1c1c6c2c3c41. The molecular formula is C120H6. The van der Waals surface area contributed by atoms with Crippen LogP contribution < -0.4 is 0 Å². The van der Waals surface area contributed by atoms with Crippen molar-refractivity contribution in [1.29, 1.82) is 0 Å². The first-order valence-electron chi connectivity index (χ1n) is 37.8. The highest BCUT2D eigenvalue weighted by atomic mass is 14.5. The predicted molar refractivity (Wildman–Crippen MR) is 498 cm³/mol. The van der Waals surface area contributed by atoms with Gasteiger partial charge in [0, 0.05) is 560 Å². The Hall–Kier alpha value is -20.6. The lowest BCUT2D eigenvalue weighted by molar-refractivity contribution is 1.92. The van der Waals surface area contributed by atoms with Gasteiger partial charge in [-0.2, -0.15) is 0 Å². The third kappa shape index (κ3) is 5.77. The van der Waals surface area contributed by atoms with E-state index in [1.54, 1.807) is 337 Å². The van der Waals surface area contributed by atoms with Gasteiger partial charge in [0.1, 0.15) is 0 Å². The molecule has 0 spiro atoms. The van der Waals surface area contributed by atoms with Crippen molar-refractivity contribution in [3.05, 3.63) is 0 Å². The molecule has 32 rings (SSSR count). The van der Waals surface area contributed by atoms with Crippen LogP contribution in [0.5, 0.6) is 0 Å². The highest BCUT2D eigenvalue weighted by Crippen LogP contribution is 2.80. The van der Waals surface area contributed by atoms with Gasteiger partial charge in [0.05, 0.1) is 0 Å². The highest BCUT2D eigenvalue weighted by molar-refractivity contribution is 6.85. The zero-order valence-electron chi connectivity index (χ0n) is 61.0. The lowest BCUT2D eigenvalue weighted by Gasteiger charge is -2.14. The molecule has 0 aliphatic carbocycles. The van der Waals surface area contributed by atoms with Crippen LogP contribution in [-0.2, 0) is 0 Å². The topological polar surface area (TPSA) is 0 Å². The smallest absolute Gasteiger partial charge is 0 e. The summed E-state index contributed by atoms with van der Waals surface area (Å²) in [5, 5.41) is 100. The van der Waals surface area contributed by atoms with Gasteiger partial charge in [-0.1, -0.05) is 11.8 Å². The fraction of sp³-hybridized carbons (Fsp3) is 0.0167. The summed E-state index contributed by atoms with van der Waals surface area (Å²) in [6.45, 7) is 3.37. The van der Waals surface area contributed by atoms with Crippen molar-refractivity contribution >= 4 is 323 Å². The normalized spacial score (nSPS) is 11.0. The molecule has 0 aromatic heterocycles. The maximum absolute atomic E-state index is 2.63. The van der Waals surface area contributed by atoms with Gasteiger partial charge in [0.15, 0.2) is 0 Å². The van der Waals surface area contributed by atoms with Gasteiger partial charge in [-0.15, -0.1) is 0 Å². The Morgan fingerprint density at radius 1 is 0.0583 bits per heavy atom. The van der Waals surface area contributed by atoms with Gasteiger partial charge in [-0.25, -0.2) is 0 Å². The number of hydrogen-bond donors (Lipinski definition) is 0. The summed E-state index contributed by atoms with van der Waals surface area (Å²) in [6, 6.07) is 0. The van der Waals surface area contributed by atoms with E-state index in [2.05, 4.69) is 343 Å². The molecule has 32 aromatic carbocycles. The second kappa shape index (κ2) is 19.8. The van der Waals surface area contributed by atoms with Crippen molar-refractivity contribution in [2.45, 2.75) is 13.8 Å². The molecule has 0 nitrogen and oxygen atoms in total. The van der Waals surface area contributed by atoms with Crippen molar-refractivity contribution in [3.8, 4) is 343 Å². The zero-order valence-corrected chi connectivity index (χ0v) is 61.0. The second-order valence-corrected chi connectivity index (χ2v) is 30.0. The average molecular weight is 1450 g/mol. The monoisotopic (exact) mass is 1450 g/mol. The molecule has 0 heteroatoms. The highest BCUT2D eigenvalue weighted by Gasteiger charge is 2.51. The molecule has 0 radical (unpaired) electrons. The number of hydrogen-bond acceptors (Lipinski definition) is 0. The maximum atomic E-state index is 2.63. The van der Waals surface area contributed by atoms with Gasteiger partial charge < -0.3 is 0 Å². The van der Waals surface area contributed by atoms with E-state index >= 15 is 0 Å². The molecule has 0 fully saturated rings. The third-order valence-corrected chi connectivity index (χ3v) is 26.2. The third-order valence-electron chi connectivity index (χ3n) is 26.2. The van der Waals surface area contributed by atoms with E-state index in [4.69, 9.17) is 0 Å². The molecule has 0 bridgehead atoms. The molecule has 0 saturated heterocycles. The summed E-state index contributed by atoms with van der Waals surface area (Å²) in [6.07, 6.45) is 0. The second-order valence-electron chi connectivity index (χ2n) is 30.0.